The van der Waals surface area contributed by atoms with Gasteiger partial charge < -0.3 is 15.4 Å². The predicted molar refractivity (Wildman–Crippen MR) is 89.1 cm³/mol. The number of aromatic amines is 1. The lowest BCUT2D eigenvalue weighted by Crippen LogP contribution is -1.99. The summed E-state index contributed by atoms with van der Waals surface area (Å²) in [6.45, 7) is 0.688. The molecule has 0 saturated carbocycles. The number of fused-ring (bicyclic) bond motifs is 1. The van der Waals surface area contributed by atoms with E-state index in [1.807, 2.05) is 30.5 Å². The van der Waals surface area contributed by atoms with Crippen molar-refractivity contribution in [2.75, 3.05) is 5.32 Å². The Kier molecular flexibility index (Phi) is 3.72. The normalized spacial score (nSPS) is 10.9. The van der Waals surface area contributed by atoms with E-state index in [4.69, 9.17) is 0 Å². The monoisotopic (exact) mass is 394 g/mol. The van der Waals surface area contributed by atoms with Crippen molar-refractivity contribution in [1.29, 1.82) is 0 Å². The number of nitrogens with one attached hydrogen (secondary N) is 2. The minimum absolute atomic E-state index is 0.225. The van der Waals surface area contributed by atoms with Gasteiger partial charge >= 0.3 is 0 Å². The lowest BCUT2D eigenvalue weighted by atomic mass is 10.2. The van der Waals surface area contributed by atoms with Gasteiger partial charge in [0.15, 0.2) is 0 Å². The summed E-state index contributed by atoms with van der Waals surface area (Å²) in [7, 11) is 0. The summed E-state index contributed by atoms with van der Waals surface area (Å²) < 4.78 is 1.37. The van der Waals surface area contributed by atoms with Gasteiger partial charge in [0, 0.05) is 29.3 Å². The van der Waals surface area contributed by atoms with Crippen LogP contribution in [0.5, 0.6) is 5.75 Å². The van der Waals surface area contributed by atoms with Crippen LogP contribution in [0.4, 0.5) is 5.69 Å². The fourth-order valence-electron chi connectivity index (χ4n) is 2.09. The molecule has 1 heterocycles. The highest BCUT2D eigenvalue weighted by atomic mass is 79.9. The number of phenols is 1. The topological polar surface area (TPSA) is 48.0 Å². The Balaban J connectivity index is 1.78. The van der Waals surface area contributed by atoms with Gasteiger partial charge in [0.05, 0.1) is 8.95 Å². The molecule has 0 unspecified atom stereocenters. The summed E-state index contributed by atoms with van der Waals surface area (Å²) in [5, 5.41) is 14.3. The van der Waals surface area contributed by atoms with E-state index < -0.39 is 0 Å². The number of rotatable bonds is 3. The zero-order valence-electron chi connectivity index (χ0n) is 10.5. The molecule has 0 fully saturated rings. The van der Waals surface area contributed by atoms with Crippen LogP contribution in [-0.4, -0.2) is 10.1 Å². The average Bonchev–Trinajstić information content (AvgIpc) is 2.89. The van der Waals surface area contributed by atoms with Crippen LogP contribution in [0, 0.1) is 0 Å². The Morgan fingerprint density at radius 3 is 2.55 bits per heavy atom. The first-order valence-electron chi connectivity index (χ1n) is 6.11. The quantitative estimate of drug-likeness (QED) is 0.583. The molecular formula is C15H12Br2N2O. The van der Waals surface area contributed by atoms with E-state index in [0.29, 0.717) is 15.5 Å². The first-order valence-corrected chi connectivity index (χ1v) is 7.70. The van der Waals surface area contributed by atoms with Crippen molar-refractivity contribution in [2.24, 2.45) is 0 Å². The molecule has 20 heavy (non-hydrogen) atoms. The molecule has 0 spiro atoms. The SMILES string of the molecule is Oc1c(Br)cc(CNc2ccc3[nH]ccc3c2)cc1Br. The summed E-state index contributed by atoms with van der Waals surface area (Å²) in [6, 6.07) is 12.1. The third kappa shape index (κ3) is 2.69. The molecule has 3 rings (SSSR count). The number of anilines is 1. The second-order valence-electron chi connectivity index (χ2n) is 4.54. The zero-order chi connectivity index (χ0) is 14.1. The van der Waals surface area contributed by atoms with E-state index >= 15 is 0 Å². The maximum absolute atomic E-state index is 9.69. The summed E-state index contributed by atoms with van der Waals surface area (Å²) in [6.07, 6.45) is 1.93. The highest BCUT2D eigenvalue weighted by Crippen LogP contribution is 2.33. The van der Waals surface area contributed by atoms with Crippen LogP contribution >= 0.6 is 31.9 Å². The minimum atomic E-state index is 0.225. The Bertz CT molecular complexity index is 744. The van der Waals surface area contributed by atoms with Crippen LogP contribution in [0.1, 0.15) is 5.56 Å². The summed E-state index contributed by atoms with van der Waals surface area (Å²) in [5.74, 6) is 0.225. The third-order valence-corrected chi connectivity index (χ3v) is 4.34. The van der Waals surface area contributed by atoms with Crippen molar-refractivity contribution < 1.29 is 5.11 Å². The molecule has 2 aromatic carbocycles. The molecule has 102 valence electrons. The Morgan fingerprint density at radius 1 is 1.05 bits per heavy atom. The van der Waals surface area contributed by atoms with Crippen molar-refractivity contribution in [1.82, 2.24) is 4.98 Å². The number of hydrogen-bond acceptors (Lipinski definition) is 2. The molecule has 1 aromatic heterocycles. The van der Waals surface area contributed by atoms with E-state index in [1.165, 1.54) is 5.39 Å². The molecule has 0 aliphatic carbocycles. The molecule has 0 aliphatic heterocycles. The highest BCUT2D eigenvalue weighted by molar-refractivity contribution is 9.11. The van der Waals surface area contributed by atoms with Gasteiger partial charge in [-0.2, -0.15) is 0 Å². The number of aromatic hydroxyl groups is 1. The maximum Gasteiger partial charge on any atom is 0.143 e. The predicted octanol–water partition coefficient (Wildman–Crippen LogP) is 5.01. The second-order valence-corrected chi connectivity index (χ2v) is 6.25. The molecule has 3 aromatic rings. The standard InChI is InChI=1S/C15H12Br2N2O/c16-12-5-9(6-13(17)15(12)20)8-19-11-1-2-14-10(7-11)3-4-18-14/h1-7,18-20H,8H2. The molecule has 0 amide bonds. The molecule has 0 bridgehead atoms. The number of benzene rings is 2. The van der Waals surface area contributed by atoms with Crippen molar-refractivity contribution in [3.63, 3.8) is 0 Å². The number of H-pyrrole nitrogens is 1. The number of hydrogen-bond donors (Lipinski definition) is 3. The van der Waals surface area contributed by atoms with E-state index in [9.17, 15) is 5.11 Å². The van der Waals surface area contributed by atoms with Crippen LogP contribution < -0.4 is 5.32 Å². The van der Waals surface area contributed by atoms with E-state index in [2.05, 4.69) is 54.3 Å². The van der Waals surface area contributed by atoms with Crippen LogP contribution in [0.15, 0.2) is 51.5 Å². The lowest BCUT2D eigenvalue weighted by molar-refractivity contribution is 0.468. The molecular weight excluding hydrogens is 384 g/mol. The summed E-state index contributed by atoms with van der Waals surface area (Å²) >= 11 is 6.68. The number of aromatic nitrogens is 1. The molecule has 3 nitrogen and oxygen atoms in total. The lowest BCUT2D eigenvalue weighted by Gasteiger charge is -2.09. The summed E-state index contributed by atoms with van der Waals surface area (Å²) in [5.41, 5.74) is 3.28. The molecule has 0 atom stereocenters. The Morgan fingerprint density at radius 2 is 1.80 bits per heavy atom. The number of halogens is 2. The summed E-state index contributed by atoms with van der Waals surface area (Å²) in [4.78, 5) is 3.17. The van der Waals surface area contributed by atoms with E-state index in [0.717, 1.165) is 16.8 Å². The van der Waals surface area contributed by atoms with Crippen LogP contribution in [-0.2, 0) is 6.54 Å². The largest absolute Gasteiger partial charge is 0.506 e. The van der Waals surface area contributed by atoms with Gasteiger partial charge in [-0.15, -0.1) is 0 Å². The first kappa shape index (κ1) is 13.5. The van der Waals surface area contributed by atoms with Crippen molar-refractivity contribution >= 4 is 48.5 Å². The Labute approximate surface area is 133 Å². The van der Waals surface area contributed by atoms with Crippen LogP contribution in [0.25, 0.3) is 10.9 Å². The first-order chi connectivity index (χ1) is 9.63. The van der Waals surface area contributed by atoms with Crippen LogP contribution in [0.3, 0.4) is 0 Å². The fourth-order valence-corrected chi connectivity index (χ4v) is 3.37. The zero-order valence-corrected chi connectivity index (χ0v) is 13.6. The van der Waals surface area contributed by atoms with E-state index in [1.54, 1.807) is 0 Å². The minimum Gasteiger partial charge on any atom is -0.506 e. The number of phenolic OH excluding ortho intramolecular Hbond substituents is 1. The molecule has 3 N–H and O–H groups in total. The molecule has 0 saturated heterocycles. The van der Waals surface area contributed by atoms with Crippen molar-refractivity contribution in [3.8, 4) is 5.75 Å². The third-order valence-electron chi connectivity index (χ3n) is 3.13. The van der Waals surface area contributed by atoms with Gasteiger partial charge in [-0.1, -0.05) is 0 Å². The smallest absolute Gasteiger partial charge is 0.143 e. The fraction of sp³-hybridized carbons (Fsp3) is 0.0667. The molecule has 0 radical (unpaired) electrons. The van der Waals surface area contributed by atoms with Gasteiger partial charge in [-0.3, -0.25) is 0 Å². The van der Waals surface area contributed by atoms with Gasteiger partial charge in [-0.05, 0) is 73.8 Å². The highest BCUT2D eigenvalue weighted by Gasteiger charge is 2.06. The van der Waals surface area contributed by atoms with Gasteiger partial charge in [0.25, 0.3) is 0 Å². The maximum atomic E-state index is 9.69. The van der Waals surface area contributed by atoms with Crippen LogP contribution in [0.2, 0.25) is 0 Å². The van der Waals surface area contributed by atoms with Crippen molar-refractivity contribution in [2.45, 2.75) is 6.54 Å². The van der Waals surface area contributed by atoms with Gasteiger partial charge in [-0.25, -0.2) is 0 Å². The Hall–Kier alpha value is -1.46. The average molecular weight is 396 g/mol. The molecule has 5 heteroatoms. The van der Waals surface area contributed by atoms with E-state index in [-0.39, 0.29) is 5.75 Å². The van der Waals surface area contributed by atoms with Gasteiger partial charge in [0.1, 0.15) is 5.75 Å². The van der Waals surface area contributed by atoms with Crippen molar-refractivity contribution in [3.05, 3.63) is 57.1 Å². The molecule has 0 aliphatic rings. The second kappa shape index (κ2) is 5.50. The van der Waals surface area contributed by atoms with Gasteiger partial charge in [0.2, 0.25) is 0 Å².